The lowest BCUT2D eigenvalue weighted by molar-refractivity contribution is -0.143. The molecule has 0 bridgehead atoms. The largest absolute Gasteiger partial charge is 0.466 e. The van der Waals surface area contributed by atoms with E-state index in [9.17, 15) is 19.8 Å². The second kappa shape index (κ2) is 67.1. The second-order valence-corrected chi connectivity index (χ2v) is 24.6. The van der Waals surface area contributed by atoms with Gasteiger partial charge in [-0.15, -0.1) is 0 Å². The maximum atomic E-state index is 12.5. The van der Waals surface area contributed by atoms with Gasteiger partial charge in [-0.25, -0.2) is 0 Å². The van der Waals surface area contributed by atoms with Crippen LogP contribution in [0.15, 0.2) is 12.2 Å². The van der Waals surface area contributed by atoms with E-state index in [1.54, 1.807) is 0 Å². The number of allylic oxidation sites excluding steroid dienone is 2. The highest BCUT2D eigenvalue weighted by molar-refractivity contribution is 5.76. The summed E-state index contributed by atoms with van der Waals surface area (Å²) in [6.07, 6.45) is 82.6. The first-order chi connectivity index (χ1) is 38.0. The Morgan fingerprint density at radius 3 is 0.948 bits per heavy atom. The number of esters is 1. The Kier molecular flexibility index (Phi) is 65.9. The first-order valence-electron chi connectivity index (χ1n) is 35.4. The Bertz CT molecular complexity index is 1160. The van der Waals surface area contributed by atoms with Gasteiger partial charge in [-0.3, -0.25) is 9.59 Å². The quantitative estimate of drug-likeness (QED) is 0.0320. The molecule has 0 aliphatic rings. The van der Waals surface area contributed by atoms with E-state index in [0.717, 1.165) is 44.9 Å². The Morgan fingerprint density at radius 2 is 0.610 bits per heavy atom. The topological polar surface area (TPSA) is 95.9 Å². The Balaban J connectivity index is 3.34. The Morgan fingerprint density at radius 1 is 0.351 bits per heavy atom. The molecule has 0 aliphatic carbocycles. The molecule has 0 aromatic rings. The van der Waals surface area contributed by atoms with Crippen molar-refractivity contribution in [3.63, 3.8) is 0 Å². The van der Waals surface area contributed by atoms with Gasteiger partial charge in [-0.05, 0) is 51.4 Å². The molecule has 0 heterocycles. The van der Waals surface area contributed by atoms with Gasteiger partial charge in [-0.2, -0.15) is 0 Å². The van der Waals surface area contributed by atoms with Crippen LogP contribution in [0.2, 0.25) is 0 Å². The number of aliphatic hydroxyl groups excluding tert-OH is 2. The van der Waals surface area contributed by atoms with E-state index in [4.69, 9.17) is 4.74 Å². The van der Waals surface area contributed by atoms with Crippen LogP contribution in [0.1, 0.15) is 406 Å². The minimum atomic E-state index is -0.662. The molecule has 0 fully saturated rings. The number of nitrogens with one attached hydrogen (secondary N) is 1. The van der Waals surface area contributed by atoms with E-state index in [1.807, 2.05) is 0 Å². The van der Waals surface area contributed by atoms with Gasteiger partial charge in [0.05, 0.1) is 25.4 Å². The summed E-state index contributed by atoms with van der Waals surface area (Å²) in [5.41, 5.74) is 0. The van der Waals surface area contributed by atoms with Crippen molar-refractivity contribution in [1.82, 2.24) is 5.32 Å². The zero-order chi connectivity index (χ0) is 55.7. The van der Waals surface area contributed by atoms with Gasteiger partial charge in [0.2, 0.25) is 5.91 Å². The fourth-order valence-electron chi connectivity index (χ4n) is 11.4. The molecule has 0 aliphatic heterocycles. The number of rotatable bonds is 67. The third kappa shape index (κ3) is 63.6. The number of hydrogen-bond donors (Lipinski definition) is 3. The smallest absolute Gasteiger partial charge is 0.305 e. The molecule has 0 saturated carbocycles. The summed E-state index contributed by atoms with van der Waals surface area (Å²) in [6, 6.07) is -0.539. The van der Waals surface area contributed by atoms with E-state index >= 15 is 0 Å². The van der Waals surface area contributed by atoms with Crippen molar-refractivity contribution in [2.45, 2.75) is 418 Å². The fraction of sp³-hybridized carbons (Fsp3) is 0.944. The zero-order valence-electron chi connectivity index (χ0n) is 52.5. The molecule has 2 unspecified atom stereocenters. The van der Waals surface area contributed by atoms with Crippen LogP contribution in [0.25, 0.3) is 0 Å². The van der Waals surface area contributed by atoms with Gasteiger partial charge in [0, 0.05) is 12.8 Å². The van der Waals surface area contributed by atoms with Crippen LogP contribution in [-0.4, -0.2) is 47.4 Å². The van der Waals surface area contributed by atoms with Crippen LogP contribution >= 0.6 is 0 Å². The predicted octanol–water partition coefficient (Wildman–Crippen LogP) is 22.8. The zero-order valence-corrected chi connectivity index (χ0v) is 52.5. The normalized spacial score (nSPS) is 12.5. The number of aliphatic hydroxyl groups is 2. The summed E-state index contributed by atoms with van der Waals surface area (Å²) in [7, 11) is 0. The lowest BCUT2D eigenvalue weighted by atomic mass is 10.0. The predicted molar refractivity (Wildman–Crippen MR) is 338 cm³/mol. The first-order valence-corrected chi connectivity index (χ1v) is 35.4. The van der Waals surface area contributed by atoms with E-state index in [1.165, 1.54) is 327 Å². The fourth-order valence-corrected chi connectivity index (χ4v) is 11.4. The van der Waals surface area contributed by atoms with Crippen LogP contribution in [0, 0.1) is 0 Å². The van der Waals surface area contributed by atoms with Gasteiger partial charge in [0.1, 0.15) is 0 Å². The van der Waals surface area contributed by atoms with Crippen molar-refractivity contribution in [2.75, 3.05) is 13.2 Å². The SMILES string of the molecule is CCCCC/C=C\CCCCCCCC(=O)OCCCCCCCCCCCCCCCCCCCCCCCCCCCCCCC(=O)NC(CO)C(O)CCCCCCCCCCCCCCCCCCCCCC. The maximum absolute atomic E-state index is 12.5. The van der Waals surface area contributed by atoms with Gasteiger partial charge < -0.3 is 20.3 Å². The van der Waals surface area contributed by atoms with Gasteiger partial charge in [-0.1, -0.05) is 353 Å². The number of hydrogen-bond acceptors (Lipinski definition) is 5. The molecule has 0 saturated heterocycles. The summed E-state index contributed by atoms with van der Waals surface area (Å²) < 4.78 is 5.48. The first kappa shape index (κ1) is 75.6. The van der Waals surface area contributed by atoms with Crippen molar-refractivity contribution in [1.29, 1.82) is 0 Å². The molecule has 2 atom stereocenters. The van der Waals surface area contributed by atoms with E-state index < -0.39 is 12.1 Å². The molecule has 77 heavy (non-hydrogen) atoms. The number of carbonyl (C=O) groups excluding carboxylic acids is 2. The van der Waals surface area contributed by atoms with Crippen molar-refractivity contribution in [3.8, 4) is 0 Å². The average Bonchev–Trinajstić information content (AvgIpc) is 3.43. The third-order valence-electron chi connectivity index (χ3n) is 16.8. The molecule has 458 valence electrons. The maximum Gasteiger partial charge on any atom is 0.305 e. The van der Waals surface area contributed by atoms with Crippen molar-refractivity contribution in [3.05, 3.63) is 12.2 Å². The molecule has 0 radical (unpaired) electrons. The summed E-state index contributed by atoms with van der Waals surface area (Å²) >= 11 is 0. The summed E-state index contributed by atoms with van der Waals surface area (Å²) in [6.45, 7) is 4.97. The molecule has 0 rings (SSSR count). The Hall–Kier alpha value is -1.40. The Labute approximate surface area is 482 Å². The second-order valence-electron chi connectivity index (χ2n) is 24.6. The van der Waals surface area contributed by atoms with E-state index in [0.29, 0.717) is 25.9 Å². The molecule has 6 heteroatoms. The standard InChI is InChI=1S/C71H139NO5/c1-3-5-7-9-11-13-15-17-18-19-20-31-34-37-40-43-47-51-55-59-63-69(74)68(67-73)72-70(75)64-60-56-52-48-44-41-38-35-32-29-27-25-23-21-22-24-26-28-30-33-36-39-42-46-50-54-58-62-66-77-71(76)65-61-57-53-49-45-16-14-12-10-8-6-4-2/h12,14,68-69,73-74H,3-11,13,15-67H2,1-2H3,(H,72,75)/b14-12-. The van der Waals surface area contributed by atoms with Gasteiger partial charge in [0.25, 0.3) is 0 Å². The summed E-state index contributed by atoms with van der Waals surface area (Å²) in [4.78, 5) is 24.6. The van der Waals surface area contributed by atoms with Crippen LogP contribution in [0.3, 0.4) is 0 Å². The van der Waals surface area contributed by atoms with Crippen molar-refractivity contribution >= 4 is 11.9 Å². The van der Waals surface area contributed by atoms with Crippen LogP contribution in [-0.2, 0) is 14.3 Å². The minimum Gasteiger partial charge on any atom is -0.466 e. The van der Waals surface area contributed by atoms with E-state index in [2.05, 4.69) is 31.3 Å². The molecule has 0 aromatic carbocycles. The highest BCUT2D eigenvalue weighted by atomic mass is 16.5. The number of carbonyl (C=O) groups is 2. The van der Waals surface area contributed by atoms with Crippen LogP contribution < -0.4 is 5.32 Å². The highest BCUT2D eigenvalue weighted by Crippen LogP contribution is 2.19. The van der Waals surface area contributed by atoms with Crippen LogP contribution in [0.5, 0.6) is 0 Å². The molecular weight excluding hydrogens is 947 g/mol. The molecule has 0 spiro atoms. The number of amides is 1. The lowest BCUT2D eigenvalue weighted by Crippen LogP contribution is -2.45. The highest BCUT2D eigenvalue weighted by Gasteiger charge is 2.20. The molecule has 1 amide bonds. The molecule has 6 nitrogen and oxygen atoms in total. The summed E-state index contributed by atoms with van der Waals surface area (Å²) in [5.74, 6) is -0.0175. The molecular formula is C71H139NO5. The van der Waals surface area contributed by atoms with Crippen molar-refractivity contribution < 1.29 is 24.5 Å². The summed E-state index contributed by atoms with van der Waals surface area (Å²) in [5, 5.41) is 23.4. The molecule has 3 N–H and O–H groups in total. The average molecular weight is 1090 g/mol. The van der Waals surface area contributed by atoms with Crippen LogP contribution in [0.4, 0.5) is 0 Å². The monoisotopic (exact) mass is 1090 g/mol. The van der Waals surface area contributed by atoms with Gasteiger partial charge in [0.15, 0.2) is 0 Å². The lowest BCUT2D eigenvalue weighted by Gasteiger charge is -2.22. The van der Waals surface area contributed by atoms with Crippen molar-refractivity contribution in [2.24, 2.45) is 0 Å². The number of unbranched alkanes of at least 4 members (excludes halogenated alkanes) is 54. The number of ether oxygens (including phenoxy) is 1. The molecule has 0 aromatic heterocycles. The third-order valence-corrected chi connectivity index (χ3v) is 16.8. The van der Waals surface area contributed by atoms with Gasteiger partial charge >= 0.3 is 5.97 Å². The van der Waals surface area contributed by atoms with E-state index in [-0.39, 0.29) is 18.5 Å². The minimum absolute atomic E-state index is 0.00960.